The van der Waals surface area contributed by atoms with Crippen LogP contribution in [0.2, 0.25) is 0 Å². The first kappa shape index (κ1) is 15.6. The minimum Gasteiger partial charge on any atom is -0.369 e. The highest BCUT2D eigenvalue weighted by atomic mass is 16.2. The number of rotatable bonds is 5. The molecule has 2 rings (SSSR count). The van der Waals surface area contributed by atoms with Crippen LogP contribution in [-0.2, 0) is 6.54 Å². The van der Waals surface area contributed by atoms with E-state index in [2.05, 4.69) is 51.7 Å². The normalized spacial score (nSPS) is 15.8. The summed E-state index contributed by atoms with van der Waals surface area (Å²) in [5.41, 5.74) is 2.39. The van der Waals surface area contributed by atoms with Crippen molar-refractivity contribution in [2.45, 2.75) is 19.9 Å². The summed E-state index contributed by atoms with van der Waals surface area (Å²) in [6.45, 7) is 7.70. The maximum Gasteiger partial charge on any atom is 0.315 e. The molecule has 2 N–H and O–H groups in total. The first-order chi connectivity index (χ1) is 10.2. The fourth-order valence-electron chi connectivity index (χ4n) is 2.37. The average Bonchev–Trinajstić information content (AvgIpc) is 2.52. The van der Waals surface area contributed by atoms with Crippen LogP contribution < -0.4 is 15.5 Å². The van der Waals surface area contributed by atoms with E-state index in [1.54, 1.807) is 0 Å². The molecule has 21 heavy (non-hydrogen) atoms. The van der Waals surface area contributed by atoms with Crippen molar-refractivity contribution in [3.05, 3.63) is 29.8 Å². The molecule has 0 spiro atoms. The van der Waals surface area contributed by atoms with Gasteiger partial charge in [0.05, 0.1) is 0 Å². The van der Waals surface area contributed by atoms with Gasteiger partial charge in [-0.25, -0.2) is 4.79 Å². The molecule has 1 fully saturated rings. The lowest BCUT2D eigenvalue weighted by molar-refractivity contribution is 0.240. The van der Waals surface area contributed by atoms with Crippen LogP contribution >= 0.6 is 0 Å². The number of carbonyl (C=O) groups excluding carboxylic acids is 1. The van der Waals surface area contributed by atoms with Gasteiger partial charge in [-0.3, -0.25) is 0 Å². The zero-order chi connectivity index (χ0) is 15.1. The van der Waals surface area contributed by atoms with Crippen LogP contribution in [0.5, 0.6) is 0 Å². The highest BCUT2D eigenvalue weighted by molar-refractivity contribution is 5.73. The van der Waals surface area contributed by atoms with Crippen molar-refractivity contribution in [3.63, 3.8) is 0 Å². The van der Waals surface area contributed by atoms with Crippen LogP contribution in [0.15, 0.2) is 24.3 Å². The molecule has 0 atom stereocenters. The van der Waals surface area contributed by atoms with Gasteiger partial charge in [0.2, 0.25) is 0 Å². The van der Waals surface area contributed by atoms with E-state index in [4.69, 9.17) is 0 Å². The Morgan fingerprint density at radius 3 is 2.38 bits per heavy atom. The van der Waals surface area contributed by atoms with Gasteiger partial charge in [0, 0.05) is 45.0 Å². The van der Waals surface area contributed by atoms with Crippen molar-refractivity contribution in [3.8, 4) is 0 Å². The van der Waals surface area contributed by atoms with E-state index < -0.39 is 0 Å². The second kappa shape index (κ2) is 7.88. The highest BCUT2D eigenvalue weighted by Crippen LogP contribution is 2.16. The van der Waals surface area contributed by atoms with E-state index in [-0.39, 0.29) is 6.03 Å². The Morgan fingerprint density at radius 1 is 1.10 bits per heavy atom. The molecule has 1 saturated heterocycles. The summed E-state index contributed by atoms with van der Waals surface area (Å²) in [6.07, 6.45) is 0.952. The Hall–Kier alpha value is -1.75. The highest BCUT2D eigenvalue weighted by Gasteiger charge is 2.13. The Labute approximate surface area is 127 Å². The van der Waals surface area contributed by atoms with Crippen LogP contribution in [0.25, 0.3) is 0 Å². The molecule has 1 aromatic carbocycles. The lowest BCUT2D eigenvalue weighted by Crippen LogP contribution is -2.44. The maximum atomic E-state index is 11.5. The number of urea groups is 1. The van der Waals surface area contributed by atoms with Crippen molar-refractivity contribution in [1.29, 1.82) is 0 Å². The first-order valence-electron chi connectivity index (χ1n) is 7.73. The smallest absolute Gasteiger partial charge is 0.315 e. The van der Waals surface area contributed by atoms with Crippen molar-refractivity contribution in [2.24, 2.45) is 0 Å². The fourth-order valence-corrected chi connectivity index (χ4v) is 2.37. The monoisotopic (exact) mass is 290 g/mol. The minimum absolute atomic E-state index is 0.0972. The van der Waals surface area contributed by atoms with Crippen molar-refractivity contribution < 1.29 is 4.79 Å². The summed E-state index contributed by atoms with van der Waals surface area (Å²) in [6, 6.07) is 8.38. The molecule has 5 heteroatoms. The third-order valence-corrected chi connectivity index (χ3v) is 3.79. The quantitative estimate of drug-likeness (QED) is 0.867. The standard InChI is InChI=1S/C16H26N4O/c1-3-8-17-16(21)18-13-14-4-6-15(7-5-14)20-11-9-19(2)10-12-20/h4-7H,3,8-13H2,1-2H3,(H2,17,18,21). The fraction of sp³-hybridized carbons (Fsp3) is 0.562. The molecule has 2 amide bonds. The number of carbonyl (C=O) groups is 1. The molecule has 0 saturated carbocycles. The molecule has 0 radical (unpaired) electrons. The number of benzene rings is 1. The number of hydrogen-bond donors (Lipinski definition) is 2. The van der Waals surface area contributed by atoms with E-state index >= 15 is 0 Å². The van der Waals surface area contributed by atoms with Gasteiger partial charge in [0.15, 0.2) is 0 Å². The van der Waals surface area contributed by atoms with E-state index in [0.29, 0.717) is 13.1 Å². The SMILES string of the molecule is CCCNC(=O)NCc1ccc(N2CCN(C)CC2)cc1. The van der Waals surface area contributed by atoms with E-state index in [1.165, 1.54) is 5.69 Å². The van der Waals surface area contributed by atoms with Crippen molar-refractivity contribution in [2.75, 3.05) is 44.7 Å². The van der Waals surface area contributed by atoms with Crippen LogP contribution in [0.4, 0.5) is 10.5 Å². The summed E-state index contributed by atoms with van der Waals surface area (Å²) >= 11 is 0. The van der Waals surface area contributed by atoms with Gasteiger partial charge in [-0.05, 0) is 31.2 Å². The average molecular weight is 290 g/mol. The van der Waals surface area contributed by atoms with Crippen LogP contribution in [0.1, 0.15) is 18.9 Å². The molecule has 0 aromatic heterocycles. The summed E-state index contributed by atoms with van der Waals surface area (Å²) in [5, 5.41) is 5.68. The molecule has 1 aliphatic rings. The van der Waals surface area contributed by atoms with Gasteiger partial charge in [0.1, 0.15) is 0 Å². The topological polar surface area (TPSA) is 47.6 Å². The molecule has 0 bridgehead atoms. The number of hydrogen-bond acceptors (Lipinski definition) is 3. The third-order valence-electron chi connectivity index (χ3n) is 3.79. The zero-order valence-corrected chi connectivity index (χ0v) is 13.1. The predicted molar refractivity (Wildman–Crippen MR) is 86.7 cm³/mol. The second-order valence-corrected chi connectivity index (χ2v) is 5.57. The maximum absolute atomic E-state index is 11.5. The molecular formula is C16H26N4O. The minimum atomic E-state index is -0.0972. The van der Waals surface area contributed by atoms with Gasteiger partial charge in [-0.15, -0.1) is 0 Å². The summed E-state index contributed by atoms with van der Waals surface area (Å²) in [4.78, 5) is 16.2. The zero-order valence-electron chi connectivity index (χ0n) is 13.1. The van der Waals surface area contributed by atoms with Crippen molar-refractivity contribution >= 4 is 11.7 Å². The Bertz CT molecular complexity index is 438. The largest absolute Gasteiger partial charge is 0.369 e. The summed E-state index contributed by atoms with van der Waals surface area (Å²) in [7, 11) is 2.16. The number of piperazine rings is 1. The Kier molecular flexibility index (Phi) is 5.87. The molecule has 116 valence electrons. The van der Waals surface area contributed by atoms with Gasteiger partial charge in [-0.2, -0.15) is 0 Å². The lowest BCUT2D eigenvalue weighted by atomic mass is 10.2. The molecule has 1 heterocycles. The summed E-state index contributed by atoms with van der Waals surface area (Å²) < 4.78 is 0. The number of nitrogens with one attached hydrogen (secondary N) is 2. The van der Waals surface area contributed by atoms with Crippen LogP contribution in [0.3, 0.4) is 0 Å². The van der Waals surface area contributed by atoms with Crippen LogP contribution in [0, 0.1) is 0 Å². The number of anilines is 1. The molecule has 0 unspecified atom stereocenters. The van der Waals surface area contributed by atoms with Gasteiger partial charge < -0.3 is 20.4 Å². The van der Waals surface area contributed by atoms with Crippen molar-refractivity contribution in [1.82, 2.24) is 15.5 Å². The number of likely N-dealkylation sites (N-methyl/N-ethyl adjacent to an activating group) is 1. The summed E-state index contributed by atoms with van der Waals surface area (Å²) in [5.74, 6) is 0. The van der Waals surface area contributed by atoms with Gasteiger partial charge in [-0.1, -0.05) is 19.1 Å². The molecular weight excluding hydrogens is 264 g/mol. The number of nitrogens with zero attached hydrogens (tertiary/aromatic N) is 2. The predicted octanol–water partition coefficient (Wildman–Crippen LogP) is 1.65. The Morgan fingerprint density at radius 2 is 1.76 bits per heavy atom. The Balaban J connectivity index is 1.80. The van der Waals surface area contributed by atoms with E-state index in [9.17, 15) is 4.79 Å². The number of amides is 2. The lowest BCUT2D eigenvalue weighted by Gasteiger charge is -2.34. The van der Waals surface area contributed by atoms with Crippen LogP contribution in [-0.4, -0.2) is 50.7 Å². The molecule has 0 aliphatic carbocycles. The first-order valence-corrected chi connectivity index (χ1v) is 7.73. The van der Waals surface area contributed by atoms with Gasteiger partial charge >= 0.3 is 6.03 Å². The second-order valence-electron chi connectivity index (χ2n) is 5.57. The van der Waals surface area contributed by atoms with E-state index in [0.717, 1.165) is 38.2 Å². The molecule has 1 aliphatic heterocycles. The molecule has 1 aromatic rings. The van der Waals surface area contributed by atoms with Gasteiger partial charge in [0.25, 0.3) is 0 Å². The molecule has 5 nitrogen and oxygen atoms in total. The third kappa shape index (κ3) is 4.93. The van der Waals surface area contributed by atoms with E-state index in [1.807, 2.05) is 6.92 Å².